The van der Waals surface area contributed by atoms with Gasteiger partial charge in [0.2, 0.25) is 5.92 Å². The van der Waals surface area contributed by atoms with E-state index in [1.54, 1.807) is 25.3 Å². The first-order chi connectivity index (χ1) is 13.1. The van der Waals surface area contributed by atoms with Crippen LogP contribution in [0.5, 0.6) is 5.75 Å². The van der Waals surface area contributed by atoms with Crippen molar-refractivity contribution in [3.05, 3.63) is 40.8 Å². The van der Waals surface area contributed by atoms with Gasteiger partial charge in [0.05, 0.1) is 5.69 Å². The summed E-state index contributed by atoms with van der Waals surface area (Å²) in [5.74, 6) is -3.68. The molecule has 1 aliphatic carbocycles. The number of alkyl halides is 2. The summed E-state index contributed by atoms with van der Waals surface area (Å²) < 4.78 is 27.8. The number of nitrogens with two attached hydrogens (primary N) is 2. The number of rotatable bonds is 3. The number of carbonyl (C=O) groups excluding carboxylic acids is 1. The smallest absolute Gasteiger partial charge is 0.254 e. The van der Waals surface area contributed by atoms with Gasteiger partial charge in [-0.05, 0) is 36.6 Å². The SMILES string of the molecule is Cc1ccc(O)c(C)c1-c1cn2nc(C3CC(F)(F)C3)nc2c(C(N)=O)c1N. The molecule has 9 heteroatoms. The van der Waals surface area contributed by atoms with E-state index in [0.717, 1.165) is 5.56 Å². The lowest BCUT2D eigenvalue weighted by Crippen LogP contribution is -2.34. The number of aromatic nitrogens is 3. The van der Waals surface area contributed by atoms with E-state index in [1.807, 2.05) is 6.92 Å². The fraction of sp³-hybridized carbons (Fsp3) is 0.316. The average molecular weight is 387 g/mol. The van der Waals surface area contributed by atoms with E-state index in [1.165, 1.54) is 4.52 Å². The van der Waals surface area contributed by atoms with Crippen LogP contribution in [0, 0.1) is 13.8 Å². The number of anilines is 1. The highest BCUT2D eigenvalue weighted by Crippen LogP contribution is 2.47. The van der Waals surface area contributed by atoms with Crippen LogP contribution in [0.1, 0.15) is 46.1 Å². The third-order valence-electron chi connectivity index (χ3n) is 5.30. The summed E-state index contributed by atoms with van der Waals surface area (Å²) in [6.07, 6.45) is 0.922. The molecular formula is C19H19F2N5O2. The van der Waals surface area contributed by atoms with Crippen molar-refractivity contribution in [2.75, 3.05) is 5.73 Å². The summed E-state index contributed by atoms with van der Waals surface area (Å²) in [5, 5.41) is 14.4. The molecule has 2 heterocycles. The highest BCUT2D eigenvalue weighted by atomic mass is 19.3. The minimum absolute atomic E-state index is 0.0236. The van der Waals surface area contributed by atoms with Crippen LogP contribution >= 0.6 is 0 Å². The highest BCUT2D eigenvalue weighted by Gasteiger charge is 2.47. The topological polar surface area (TPSA) is 120 Å². The average Bonchev–Trinajstić information content (AvgIpc) is 2.99. The van der Waals surface area contributed by atoms with Crippen LogP contribution in [-0.4, -0.2) is 31.5 Å². The lowest BCUT2D eigenvalue weighted by Gasteiger charge is -2.32. The molecule has 4 rings (SSSR count). The Bertz CT molecular complexity index is 1130. The third-order valence-corrected chi connectivity index (χ3v) is 5.30. The van der Waals surface area contributed by atoms with Gasteiger partial charge in [-0.25, -0.2) is 18.3 Å². The number of benzene rings is 1. The minimum atomic E-state index is -2.71. The molecule has 0 atom stereocenters. The van der Waals surface area contributed by atoms with Gasteiger partial charge in [-0.1, -0.05) is 6.07 Å². The van der Waals surface area contributed by atoms with Crippen molar-refractivity contribution >= 4 is 17.2 Å². The predicted octanol–water partition coefficient (Wildman–Crippen LogP) is 2.91. The summed E-state index contributed by atoms with van der Waals surface area (Å²) in [6.45, 7) is 3.58. The molecule has 0 spiro atoms. The number of aryl methyl sites for hydroxylation is 1. The zero-order valence-corrected chi connectivity index (χ0v) is 15.3. The largest absolute Gasteiger partial charge is 0.508 e. The van der Waals surface area contributed by atoms with Gasteiger partial charge in [0.1, 0.15) is 11.3 Å². The fourth-order valence-electron chi connectivity index (χ4n) is 3.76. The standard InChI is InChI=1S/C19H19F2N5O2/c1-8-3-4-12(27)9(2)13(8)11-7-26-18(14(15(11)22)16(23)28)24-17(25-26)10-5-19(20,21)6-10/h3-4,7,10,27H,5-6,22H2,1-2H3,(H2,23,28). The summed E-state index contributed by atoms with van der Waals surface area (Å²) in [4.78, 5) is 16.4. The van der Waals surface area contributed by atoms with Crippen molar-refractivity contribution in [3.63, 3.8) is 0 Å². The molecule has 7 nitrogen and oxygen atoms in total. The van der Waals surface area contributed by atoms with E-state index in [4.69, 9.17) is 11.5 Å². The zero-order chi connectivity index (χ0) is 20.4. The van der Waals surface area contributed by atoms with Gasteiger partial charge in [0.25, 0.3) is 5.91 Å². The van der Waals surface area contributed by atoms with E-state index in [2.05, 4.69) is 10.1 Å². The number of phenolic OH excluding ortho intramolecular Hbond substituents is 1. The predicted molar refractivity (Wildman–Crippen MR) is 99.4 cm³/mol. The minimum Gasteiger partial charge on any atom is -0.508 e. The molecule has 0 radical (unpaired) electrons. The Morgan fingerprint density at radius 3 is 2.61 bits per heavy atom. The summed E-state index contributed by atoms with van der Waals surface area (Å²) >= 11 is 0. The van der Waals surface area contributed by atoms with Crippen molar-refractivity contribution in [1.82, 2.24) is 14.6 Å². The molecule has 1 aliphatic rings. The van der Waals surface area contributed by atoms with Crippen LogP contribution < -0.4 is 11.5 Å². The van der Waals surface area contributed by atoms with Crippen LogP contribution in [0.3, 0.4) is 0 Å². The third kappa shape index (κ3) is 2.65. The first kappa shape index (κ1) is 18.1. The molecule has 0 saturated heterocycles. The number of amides is 1. The van der Waals surface area contributed by atoms with Crippen molar-refractivity contribution in [1.29, 1.82) is 0 Å². The number of phenols is 1. The van der Waals surface area contributed by atoms with Crippen molar-refractivity contribution in [3.8, 4) is 16.9 Å². The van der Waals surface area contributed by atoms with Crippen LogP contribution in [0.4, 0.5) is 14.5 Å². The molecule has 1 amide bonds. The molecule has 2 aromatic heterocycles. The van der Waals surface area contributed by atoms with Gasteiger partial charge in [-0.15, -0.1) is 0 Å². The van der Waals surface area contributed by atoms with Crippen molar-refractivity contribution in [2.24, 2.45) is 5.73 Å². The van der Waals surface area contributed by atoms with Crippen LogP contribution in [0.25, 0.3) is 16.8 Å². The van der Waals surface area contributed by atoms with Crippen LogP contribution in [0.15, 0.2) is 18.3 Å². The molecule has 3 aromatic rings. The van der Waals surface area contributed by atoms with Gasteiger partial charge >= 0.3 is 0 Å². The van der Waals surface area contributed by atoms with E-state index >= 15 is 0 Å². The van der Waals surface area contributed by atoms with Crippen molar-refractivity contribution < 1.29 is 18.7 Å². The van der Waals surface area contributed by atoms with Gasteiger partial charge in [0.15, 0.2) is 11.5 Å². The van der Waals surface area contributed by atoms with Gasteiger partial charge in [0, 0.05) is 30.5 Å². The number of aromatic hydroxyl groups is 1. The molecule has 1 fully saturated rings. The quantitative estimate of drug-likeness (QED) is 0.638. The Morgan fingerprint density at radius 1 is 1.32 bits per heavy atom. The Morgan fingerprint density at radius 2 is 2.00 bits per heavy atom. The number of nitrogen functional groups attached to an aromatic ring is 1. The molecule has 146 valence electrons. The fourth-order valence-corrected chi connectivity index (χ4v) is 3.76. The highest BCUT2D eigenvalue weighted by molar-refractivity contribution is 6.07. The number of nitrogens with zero attached hydrogens (tertiary/aromatic N) is 3. The Kier molecular flexibility index (Phi) is 3.81. The normalized spacial score (nSPS) is 16.3. The van der Waals surface area contributed by atoms with Crippen LogP contribution in [-0.2, 0) is 0 Å². The van der Waals surface area contributed by atoms with Crippen molar-refractivity contribution in [2.45, 2.75) is 38.5 Å². The number of fused-ring (bicyclic) bond motifs is 1. The number of primary amides is 1. The number of halogens is 2. The molecular weight excluding hydrogens is 368 g/mol. The Balaban J connectivity index is 1.96. The second-order valence-electron chi connectivity index (χ2n) is 7.30. The molecule has 0 unspecified atom stereocenters. The molecule has 1 aromatic carbocycles. The maximum Gasteiger partial charge on any atom is 0.254 e. The zero-order valence-electron chi connectivity index (χ0n) is 15.3. The number of pyridine rings is 1. The molecule has 5 N–H and O–H groups in total. The molecule has 0 aliphatic heterocycles. The maximum atomic E-state index is 13.2. The van der Waals surface area contributed by atoms with E-state index in [9.17, 15) is 18.7 Å². The number of carbonyl (C=O) groups is 1. The maximum absolute atomic E-state index is 13.2. The van der Waals surface area contributed by atoms with Gasteiger partial charge in [-0.3, -0.25) is 4.79 Å². The van der Waals surface area contributed by atoms with Crippen LogP contribution in [0.2, 0.25) is 0 Å². The van der Waals surface area contributed by atoms with Gasteiger partial charge in [-0.2, -0.15) is 5.10 Å². The monoisotopic (exact) mass is 387 g/mol. The van der Waals surface area contributed by atoms with E-state index in [-0.39, 0.29) is 41.3 Å². The number of hydrogen-bond donors (Lipinski definition) is 3. The first-order valence-electron chi connectivity index (χ1n) is 8.75. The molecule has 28 heavy (non-hydrogen) atoms. The molecule has 0 bridgehead atoms. The summed E-state index contributed by atoms with van der Waals surface area (Å²) in [5.41, 5.74) is 14.5. The molecule has 1 saturated carbocycles. The summed E-state index contributed by atoms with van der Waals surface area (Å²) in [6, 6.07) is 3.30. The number of hydrogen-bond acceptors (Lipinski definition) is 5. The lowest BCUT2D eigenvalue weighted by atomic mass is 9.81. The second kappa shape index (κ2) is 5.88. The second-order valence-corrected chi connectivity index (χ2v) is 7.30. The lowest BCUT2D eigenvalue weighted by molar-refractivity contribution is -0.0884. The Labute approximate surface area is 159 Å². The first-order valence-corrected chi connectivity index (χ1v) is 8.75. The van der Waals surface area contributed by atoms with E-state index in [0.29, 0.717) is 16.7 Å². The summed E-state index contributed by atoms with van der Waals surface area (Å²) in [7, 11) is 0. The Hall–Kier alpha value is -3.23. The van der Waals surface area contributed by atoms with Gasteiger partial charge < -0.3 is 16.6 Å². The van der Waals surface area contributed by atoms with E-state index < -0.39 is 17.7 Å².